The molecule has 0 N–H and O–H groups in total. The lowest BCUT2D eigenvalue weighted by Crippen LogP contribution is -2.12. The minimum atomic E-state index is -4.47. The smallest absolute Gasteiger partial charge is 0.166 e. The summed E-state index contributed by atoms with van der Waals surface area (Å²) in [7, 11) is 0. The van der Waals surface area contributed by atoms with Crippen LogP contribution in [0.15, 0.2) is 224 Å². The Morgan fingerprint density at radius 3 is 1.04 bits per heavy atom. The molecule has 0 aliphatic carbocycles. The van der Waals surface area contributed by atoms with Crippen molar-refractivity contribution in [2.45, 2.75) is 180 Å². The number of benzene rings is 13. The molecule has 0 unspecified atom stereocenters. The van der Waals surface area contributed by atoms with Crippen molar-refractivity contribution in [3.63, 3.8) is 0 Å². The van der Waals surface area contributed by atoms with E-state index in [4.69, 9.17) is 0 Å². The van der Waals surface area contributed by atoms with Crippen LogP contribution in [0.4, 0.5) is 13.2 Å². The van der Waals surface area contributed by atoms with Gasteiger partial charge in [0.25, 0.3) is 0 Å². The van der Waals surface area contributed by atoms with E-state index in [0.717, 1.165) is 96.9 Å². The number of alkyl halides is 3. The van der Waals surface area contributed by atoms with Crippen LogP contribution in [0.1, 0.15) is 184 Å². The number of rotatable bonds is 9. The lowest BCUT2D eigenvalue weighted by Gasteiger charge is -2.23. The van der Waals surface area contributed by atoms with E-state index >= 15 is 0 Å². The second-order valence-corrected chi connectivity index (χ2v) is 36.8. The molecule has 118 heavy (non-hydrogen) atoms. The maximum Gasteiger partial charge on any atom is 0.417 e. The van der Waals surface area contributed by atoms with Crippen molar-refractivity contribution < 1.29 is 13.2 Å². The van der Waals surface area contributed by atoms with Crippen molar-refractivity contribution in [1.82, 2.24) is 61.6 Å². The Morgan fingerprint density at radius 1 is 0.288 bits per heavy atom. The molecule has 0 bridgehead atoms. The minimum absolute atomic E-state index is 0.0124. The Bertz CT molecular complexity index is 6610. The van der Waals surface area contributed by atoms with Gasteiger partial charge in [0.15, 0.2) is 0 Å². The number of nitrogens with zero attached hydrogens (tertiary/aromatic N) is 12. The van der Waals surface area contributed by atoms with Crippen molar-refractivity contribution >= 4 is 86.6 Å². The highest BCUT2D eigenvalue weighted by Crippen LogP contribution is 2.44. The molecule has 4 heterocycles. The summed E-state index contributed by atoms with van der Waals surface area (Å²) in [6.07, 6.45) is -2.50. The Kier molecular flexibility index (Phi) is 22.8. The molecule has 0 saturated carbocycles. The summed E-state index contributed by atoms with van der Waals surface area (Å²) >= 11 is 0. The van der Waals surface area contributed by atoms with Gasteiger partial charge in [-0.1, -0.05) is 279 Å². The van der Waals surface area contributed by atoms with E-state index in [2.05, 4.69) is 362 Å². The van der Waals surface area contributed by atoms with Gasteiger partial charge in [0.1, 0.15) is 33.6 Å². The fourth-order valence-electron chi connectivity index (χ4n) is 16.7. The average molecular weight is 1570 g/mol. The van der Waals surface area contributed by atoms with E-state index in [9.17, 15) is 13.2 Å². The number of aryl methyl sites for hydroxylation is 4. The van der Waals surface area contributed by atoms with Gasteiger partial charge in [-0.15, -0.1) is 40.8 Å². The predicted octanol–water partition coefficient (Wildman–Crippen LogP) is 27.3. The van der Waals surface area contributed by atoms with Gasteiger partial charge in [0.2, 0.25) is 0 Å². The number of halogens is 3. The first kappa shape index (κ1) is 82.3. The van der Waals surface area contributed by atoms with E-state index in [0.29, 0.717) is 28.3 Å². The Balaban J connectivity index is 0.000000130. The fraction of sp³-hybridized carbons (Fsp3) is 0.282. The normalized spacial score (nSPS) is 12.2. The highest BCUT2D eigenvalue weighted by Gasteiger charge is 2.34. The zero-order chi connectivity index (χ0) is 84.1. The Hall–Kier alpha value is -12.2. The molecule has 0 fully saturated rings. The van der Waals surface area contributed by atoms with Crippen LogP contribution >= 0.6 is 0 Å². The standard InChI is InChI=1S/C30H31N3.C29H33N3.C24H25N3.C20H14F3N3/c1-29(2,3)18-21-12-9-11-19-14-15-24-27(31-33-32-28(24)26(19)21)22-16-20-10-7-8-13-23(20)25(17-22)30(4,5)6;1-18(2)22-13-10-14-23(19(3)4)28(22)27-17-26(30-32-31-27)21-15-20-11-8-9-12-24(20)25(16-21)29(5,6)7;1-15-11-16(2)13-19(12-15)22-20-10-9-17-7-6-8-18(14-24(3,4)5)21(17)23(20)26-27-25-22;1-11-8-12(2)10-14(9-11)18-15-7-6-13-4-3-5-16(20(21,22)23)17(13)19(15)25-26-24-18/h7-17H,18H2,1-6H3;8-19H,1-7H3;6-13H,14H2,1-5H3;3-10H,1-2H3. The molecule has 17 rings (SSSR count). The first-order chi connectivity index (χ1) is 55.9. The number of hydrogen-bond donors (Lipinski definition) is 0. The second-order valence-electron chi connectivity index (χ2n) is 36.8. The van der Waals surface area contributed by atoms with Gasteiger partial charge in [-0.05, 0) is 245 Å². The summed E-state index contributed by atoms with van der Waals surface area (Å²) in [6.45, 7) is 44.3. The quantitative estimate of drug-likeness (QED) is 0.126. The number of hydrogen-bond acceptors (Lipinski definition) is 12. The van der Waals surface area contributed by atoms with Crippen molar-refractivity contribution in [3.8, 4) is 56.3 Å². The summed E-state index contributed by atoms with van der Waals surface area (Å²) < 4.78 is 40.5. The summed E-state index contributed by atoms with van der Waals surface area (Å²) in [5.41, 5.74) is 23.6. The molecule has 0 saturated heterocycles. The molecule has 0 amide bonds. The third-order valence-corrected chi connectivity index (χ3v) is 21.7. The predicted molar refractivity (Wildman–Crippen MR) is 482 cm³/mol. The molecule has 0 spiro atoms. The first-order valence-corrected chi connectivity index (χ1v) is 40.7. The molecular weight excluding hydrogens is 1460 g/mol. The molecule has 596 valence electrons. The molecule has 13 aromatic carbocycles. The number of fused-ring (bicyclic) bond motifs is 11. The average Bonchev–Trinajstić information content (AvgIpc) is 0.791. The Labute approximate surface area is 690 Å². The monoisotopic (exact) mass is 1560 g/mol. The lowest BCUT2D eigenvalue weighted by atomic mass is 9.82. The molecule has 0 aliphatic rings. The van der Waals surface area contributed by atoms with Gasteiger partial charge in [-0.2, -0.15) is 13.2 Å². The third-order valence-electron chi connectivity index (χ3n) is 21.7. The van der Waals surface area contributed by atoms with Gasteiger partial charge in [-0.3, -0.25) is 0 Å². The summed E-state index contributed by atoms with van der Waals surface area (Å²) in [4.78, 5) is 0. The molecule has 4 aromatic heterocycles. The highest BCUT2D eigenvalue weighted by atomic mass is 19.4. The Morgan fingerprint density at radius 2 is 0.636 bits per heavy atom. The molecule has 0 aliphatic heterocycles. The van der Waals surface area contributed by atoms with Crippen LogP contribution in [0.3, 0.4) is 0 Å². The maximum atomic E-state index is 13.5. The zero-order valence-electron chi connectivity index (χ0n) is 71.4. The van der Waals surface area contributed by atoms with E-state index in [1.165, 1.54) is 99.2 Å². The van der Waals surface area contributed by atoms with E-state index in [-0.39, 0.29) is 32.6 Å². The van der Waals surface area contributed by atoms with Crippen LogP contribution in [-0.4, -0.2) is 61.6 Å². The van der Waals surface area contributed by atoms with Crippen molar-refractivity contribution in [1.29, 1.82) is 0 Å². The second kappa shape index (κ2) is 32.7. The van der Waals surface area contributed by atoms with E-state index < -0.39 is 11.7 Å². The molecule has 0 atom stereocenters. The summed E-state index contributed by atoms with van der Waals surface area (Å²) in [5, 5.41) is 64.4. The van der Waals surface area contributed by atoms with Gasteiger partial charge < -0.3 is 0 Å². The minimum Gasteiger partial charge on any atom is -0.166 e. The van der Waals surface area contributed by atoms with Crippen molar-refractivity contribution in [2.75, 3.05) is 0 Å². The van der Waals surface area contributed by atoms with Crippen molar-refractivity contribution in [2.24, 2.45) is 10.8 Å². The lowest BCUT2D eigenvalue weighted by molar-refractivity contribution is -0.136. The van der Waals surface area contributed by atoms with Gasteiger partial charge >= 0.3 is 6.18 Å². The highest BCUT2D eigenvalue weighted by molar-refractivity contribution is 6.13. The molecular formula is C103H103F3N12. The summed E-state index contributed by atoms with van der Waals surface area (Å²) in [5.74, 6) is 0.797. The van der Waals surface area contributed by atoms with Gasteiger partial charge in [0, 0.05) is 60.1 Å². The van der Waals surface area contributed by atoms with Gasteiger partial charge in [0.05, 0.1) is 17.0 Å². The topological polar surface area (TPSA) is 155 Å². The number of aromatic nitrogens is 12. The van der Waals surface area contributed by atoms with Crippen LogP contribution in [0.25, 0.3) is 143 Å². The van der Waals surface area contributed by atoms with Crippen molar-refractivity contribution in [3.05, 3.63) is 286 Å². The molecule has 17 aromatic rings. The van der Waals surface area contributed by atoms with E-state index in [1.807, 2.05) is 32.0 Å². The van der Waals surface area contributed by atoms with Crippen LogP contribution in [0.2, 0.25) is 0 Å². The molecule has 15 heteroatoms. The van der Waals surface area contributed by atoms with Crippen LogP contribution in [-0.2, 0) is 29.8 Å². The zero-order valence-corrected chi connectivity index (χ0v) is 71.4. The summed E-state index contributed by atoms with van der Waals surface area (Å²) in [6, 6.07) is 76.5. The maximum absolute atomic E-state index is 13.5. The van der Waals surface area contributed by atoms with Crippen LogP contribution < -0.4 is 0 Å². The SMILES string of the molecule is CC(C)(C)Cc1cccc2ccc3c(-c4cc(C(C)(C)C)c5ccccc5c4)nnnc3c12.CC(C)c1cccc(C(C)C)c1-c1cc(-c2cc(C(C)(C)C)c3ccccc3c2)nnn1.Cc1cc(C)cc(-c2nnnc3c2ccc2cccc(C(F)(F)F)c23)c1.Cc1cc(C)cc(-c2nnnc3c2ccc2cccc(CC(C)(C)C)c23)c1. The third kappa shape index (κ3) is 17.7. The first-order valence-electron chi connectivity index (χ1n) is 40.7. The fourth-order valence-corrected chi connectivity index (χ4v) is 16.7. The van der Waals surface area contributed by atoms with Crippen LogP contribution in [0, 0.1) is 38.5 Å². The largest absolute Gasteiger partial charge is 0.417 e. The molecule has 12 nitrogen and oxygen atoms in total. The molecule has 0 radical (unpaired) electrons. The van der Waals surface area contributed by atoms with Crippen LogP contribution in [0.5, 0.6) is 0 Å². The van der Waals surface area contributed by atoms with Gasteiger partial charge in [-0.25, -0.2) is 0 Å². The van der Waals surface area contributed by atoms with E-state index in [1.54, 1.807) is 18.2 Å².